The van der Waals surface area contributed by atoms with Gasteiger partial charge in [0.25, 0.3) is 0 Å². The van der Waals surface area contributed by atoms with Gasteiger partial charge in [0.2, 0.25) is 29.5 Å². The van der Waals surface area contributed by atoms with E-state index in [-0.39, 0.29) is 18.2 Å². The van der Waals surface area contributed by atoms with Crippen LogP contribution < -0.4 is 21.7 Å². The van der Waals surface area contributed by atoms with E-state index in [1.807, 2.05) is 13.8 Å². The summed E-state index contributed by atoms with van der Waals surface area (Å²) in [6.45, 7) is 4.95. The monoisotopic (exact) mass is 493 g/mol. The maximum Gasteiger partial charge on any atom is 0.243 e. The van der Waals surface area contributed by atoms with Crippen LogP contribution in [-0.4, -0.2) is 86.8 Å². The molecule has 1 fully saturated rings. The number of rotatable bonds is 12. The number of hydrogen-bond acceptors (Lipinski definition) is 7. The predicted octanol–water partition coefficient (Wildman–Crippen LogP) is -2.06. The van der Waals surface area contributed by atoms with Gasteiger partial charge in [-0.3, -0.25) is 24.0 Å². The molecule has 0 aliphatic carbocycles. The molecule has 1 aliphatic rings. The third kappa shape index (κ3) is 8.05. The standard InChI is InChI=1S/C22H35N7O6/c1-12(2)7-15(27-22(35)18-5-4-6-29(18)13(3)31)20(33)26-16(8-14-9-24-11-25-14)21(34)28-17(10-30)19(23)32/h9,11-12,15-18,30H,4-8,10H2,1-3H3,(H2,23,32)(H,24,25)(H,26,33)(H,27,35)(H,28,34)/t15-,16?,17-,18?/m0/s1. The Balaban J connectivity index is 2.18. The Morgan fingerprint density at radius 1 is 1.14 bits per heavy atom. The molecule has 5 amide bonds. The van der Waals surface area contributed by atoms with Gasteiger partial charge in [0, 0.05) is 31.8 Å². The lowest BCUT2D eigenvalue weighted by atomic mass is 10.0. The van der Waals surface area contributed by atoms with Crippen molar-refractivity contribution in [3.8, 4) is 0 Å². The normalized spacial score (nSPS) is 18.0. The highest BCUT2D eigenvalue weighted by molar-refractivity contribution is 5.95. The minimum absolute atomic E-state index is 0.0115. The molecule has 0 bridgehead atoms. The predicted molar refractivity (Wildman–Crippen MR) is 124 cm³/mol. The highest BCUT2D eigenvalue weighted by Gasteiger charge is 2.35. The zero-order valence-corrected chi connectivity index (χ0v) is 20.2. The molecule has 13 nitrogen and oxygen atoms in total. The van der Waals surface area contributed by atoms with Crippen molar-refractivity contribution in [2.24, 2.45) is 11.7 Å². The van der Waals surface area contributed by atoms with E-state index in [9.17, 15) is 29.1 Å². The van der Waals surface area contributed by atoms with Gasteiger partial charge in [-0.25, -0.2) is 4.98 Å². The zero-order chi connectivity index (χ0) is 26.1. The Hall–Kier alpha value is -3.48. The summed E-state index contributed by atoms with van der Waals surface area (Å²) < 4.78 is 0. The van der Waals surface area contributed by atoms with E-state index in [4.69, 9.17) is 5.73 Å². The molecule has 7 N–H and O–H groups in total. The summed E-state index contributed by atoms with van der Waals surface area (Å²) in [7, 11) is 0. The number of aliphatic hydroxyl groups is 1. The number of likely N-dealkylation sites (tertiary alicyclic amines) is 1. The highest BCUT2D eigenvalue weighted by atomic mass is 16.3. The molecule has 0 aromatic carbocycles. The lowest BCUT2D eigenvalue weighted by molar-refractivity contribution is -0.138. The summed E-state index contributed by atoms with van der Waals surface area (Å²) in [5, 5.41) is 17.0. The molecule has 4 atom stereocenters. The first-order valence-corrected chi connectivity index (χ1v) is 11.6. The van der Waals surface area contributed by atoms with Crippen molar-refractivity contribution in [3.05, 3.63) is 18.2 Å². The number of aliphatic hydroxyl groups excluding tert-OH is 1. The fourth-order valence-corrected chi connectivity index (χ4v) is 3.96. The van der Waals surface area contributed by atoms with Crippen LogP contribution in [0.5, 0.6) is 0 Å². The van der Waals surface area contributed by atoms with Gasteiger partial charge in [-0.05, 0) is 25.2 Å². The Morgan fingerprint density at radius 2 is 1.80 bits per heavy atom. The molecule has 13 heteroatoms. The van der Waals surface area contributed by atoms with Crippen molar-refractivity contribution in [2.45, 2.75) is 70.6 Å². The van der Waals surface area contributed by atoms with Gasteiger partial charge in [-0.2, -0.15) is 0 Å². The van der Waals surface area contributed by atoms with Crippen LogP contribution >= 0.6 is 0 Å². The number of nitrogens with two attached hydrogens (primary N) is 1. The minimum Gasteiger partial charge on any atom is -0.394 e. The molecule has 1 saturated heterocycles. The second-order valence-corrected chi connectivity index (χ2v) is 9.05. The van der Waals surface area contributed by atoms with Gasteiger partial charge >= 0.3 is 0 Å². The fourth-order valence-electron chi connectivity index (χ4n) is 3.96. The number of H-pyrrole nitrogens is 1. The number of amides is 5. The van der Waals surface area contributed by atoms with Gasteiger partial charge in [0.1, 0.15) is 24.2 Å². The zero-order valence-electron chi connectivity index (χ0n) is 20.2. The molecule has 35 heavy (non-hydrogen) atoms. The number of hydrogen-bond donors (Lipinski definition) is 6. The second-order valence-electron chi connectivity index (χ2n) is 9.05. The fraction of sp³-hybridized carbons (Fsp3) is 0.636. The summed E-state index contributed by atoms with van der Waals surface area (Å²) in [5.74, 6) is -2.87. The Labute approximate surface area is 203 Å². The first-order chi connectivity index (χ1) is 16.5. The molecular formula is C22H35N7O6. The van der Waals surface area contributed by atoms with Crippen LogP contribution in [-0.2, 0) is 30.4 Å². The first-order valence-electron chi connectivity index (χ1n) is 11.6. The maximum absolute atomic E-state index is 13.2. The molecule has 2 unspecified atom stereocenters. The average molecular weight is 494 g/mol. The largest absolute Gasteiger partial charge is 0.394 e. The molecule has 1 aliphatic heterocycles. The van der Waals surface area contributed by atoms with Crippen molar-refractivity contribution >= 4 is 29.5 Å². The SMILES string of the molecule is CC(=O)N1CCCC1C(=O)N[C@@H](CC(C)C)C(=O)NC(Cc1cnc[nH]1)C(=O)N[C@@H](CO)C(N)=O. The van der Waals surface area contributed by atoms with E-state index in [2.05, 4.69) is 25.9 Å². The number of nitrogens with zero attached hydrogens (tertiary/aromatic N) is 2. The summed E-state index contributed by atoms with van der Waals surface area (Å²) in [5.41, 5.74) is 5.73. The minimum atomic E-state index is -1.32. The number of nitrogens with one attached hydrogen (secondary N) is 4. The second kappa shape index (κ2) is 12.8. The molecule has 0 radical (unpaired) electrons. The number of aromatic amines is 1. The summed E-state index contributed by atoms with van der Waals surface area (Å²) in [6, 6.07) is -4.09. The number of aromatic nitrogens is 2. The van der Waals surface area contributed by atoms with E-state index >= 15 is 0 Å². The smallest absolute Gasteiger partial charge is 0.243 e. The van der Waals surface area contributed by atoms with Crippen molar-refractivity contribution in [1.29, 1.82) is 0 Å². The van der Waals surface area contributed by atoms with Crippen LogP contribution in [0, 0.1) is 5.92 Å². The quantitative estimate of drug-likeness (QED) is 0.192. The van der Waals surface area contributed by atoms with Gasteiger partial charge < -0.3 is 36.7 Å². The van der Waals surface area contributed by atoms with Gasteiger partial charge in [0.05, 0.1) is 12.9 Å². The van der Waals surface area contributed by atoms with Crippen LogP contribution in [0.25, 0.3) is 0 Å². The maximum atomic E-state index is 13.2. The van der Waals surface area contributed by atoms with Crippen molar-refractivity contribution in [3.63, 3.8) is 0 Å². The lowest BCUT2D eigenvalue weighted by Crippen LogP contribution is -2.59. The van der Waals surface area contributed by atoms with Crippen molar-refractivity contribution < 1.29 is 29.1 Å². The summed E-state index contributed by atoms with van der Waals surface area (Å²) >= 11 is 0. The molecular weight excluding hydrogens is 458 g/mol. The first kappa shape index (κ1) is 27.8. The van der Waals surface area contributed by atoms with Crippen molar-refractivity contribution in [1.82, 2.24) is 30.8 Å². The van der Waals surface area contributed by atoms with E-state index in [1.165, 1.54) is 24.3 Å². The van der Waals surface area contributed by atoms with Crippen LogP contribution in [0.3, 0.4) is 0 Å². The van der Waals surface area contributed by atoms with E-state index in [0.717, 1.165) is 0 Å². The number of primary amides is 1. The van der Waals surface area contributed by atoms with Crippen LogP contribution in [0.4, 0.5) is 0 Å². The van der Waals surface area contributed by atoms with Gasteiger partial charge in [-0.15, -0.1) is 0 Å². The average Bonchev–Trinajstić information content (AvgIpc) is 3.47. The van der Waals surface area contributed by atoms with Gasteiger partial charge in [0.15, 0.2) is 0 Å². The molecule has 1 aromatic heterocycles. The van der Waals surface area contributed by atoms with Gasteiger partial charge in [-0.1, -0.05) is 13.8 Å². The van der Waals surface area contributed by atoms with E-state index < -0.39 is 54.4 Å². The topological polar surface area (TPSA) is 200 Å². The Morgan fingerprint density at radius 3 is 2.34 bits per heavy atom. The lowest BCUT2D eigenvalue weighted by Gasteiger charge is -2.27. The highest BCUT2D eigenvalue weighted by Crippen LogP contribution is 2.18. The van der Waals surface area contributed by atoms with E-state index in [0.29, 0.717) is 31.5 Å². The summed E-state index contributed by atoms with van der Waals surface area (Å²) in [6.07, 6.45) is 4.39. The molecule has 2 heterocycles. The third-order valence-electron chi connectivity index (χ3n) is 5.75. The molecule has 1 aromatic rings. The number of carbonyl (C=O) groups excluding carboxylic acids is 5. The van der Waals surface area contributed by atoms with E-state index in [1.54, 1.807) is 0 Å². The third-order valence-corrected chi connectivity index (χ3v) is 5.75. The molecule has 0 saturated carbocycles. The van der Waals surface area contributed by atoms with Crippen LogP contribution in [0.15, 0.2) is 12.5 Å². The number of carbonyl (C=O) groups is 5. The van der Waals surface area contributed by atoms with Crippen LogP contribution in [0.1, 0.15) is 45.7 Å². The van der Waals surface area contributed by atoms with Crippen LogP contribution in [0.2, 0.25) is 0 Å². The molecule has 194 valence electrons. The van der Waals surface area contributed by atoms with Crippen molar-refractivity contribution in [2.75, 3.05) is 13.2 Å². The molecule has 0 spiro atoms. The summed E-state index contributed by atoms with van der Waals surface area (Å²) in [4.78, 5) is 70.5. The number of imidazole rings is 1. The molecule has 2 rings (SSSR count). The Bertz CT molecular complexity index is 904. The Kier molecular flexibility index (Phi) is 10.2.